The molecular formula is C18H13BrClN3O3. The van der Waals surface area contributed by atoms with Gasteiger partial charge in [0.25, 0.3) is 5.56 Å². The van der Waals surface area contributed by atoms with Crippen molar-refractivity contribution in [3.05, 3.63) is 85.0 Å². The number of aromatic nitrogens is 2. The lowest BCUT2D eigenvalue weighted by Gasteiger charge is -2.10. The van der Waals surface area contributed by atoms with Crippen molar-refractivity contribution in [2.45, 2.75) is 0 Å². The summed E-state index contributed by atoms with van der Waals surface area (Å²) in [7, 11) is 0. The minimum atomic E-state index is -0.639. The van der Waals surface area contributed by atoms with Crippen molar-refractivity contribution in [1.29, 1.82) is 0 Å². The molecular weight excluding hydrogens is 422 g/mol. The van der Waals surface area contributed by atoms with Crippen LogP contribution in [0.2, 0.25) is 5.02 Å². The van der Waals surface area contributed by atoms with Gasteiger partial charge in [0, 0.05) is 10.6 Å². The molecule has 3 aromatic rings. The Morgan fingerprint density at radius 1 is 1.31 bits per heavy atom. The van der Waals surface area contributed by atoms with Gasteiger partial charge in [-0.3, -0.25) is 4.79 Å². The van der Waals surface area contributed by atoms with Crippen molar-refractivity contribution < 1.29 is 4.74 Å². The molecule has 0 atom stereocenters. The number of ether oxygens (including phenoxy) is 1. The lowest BCUT2D eigenvalue weighted by Crippen LogP contribution is -2.32. The second-order valence-electron chi connectivity index (χ2n) is 5.24. The number of nitrogens with zero attached hydrogens (tertiary/aromatic N) is 2. The minimum Gasteiger partial charge on any atom is -0.488 e. The maximum absolute atomic E-state index is 12.5. The van der Waals surface area contributed by atoms with E-state index in [0.29, 0.717) is 31.7 Å². The molecule has 6 nitrogen and oxygen atoms in total. The van der Waals surface area contributed by atoms with Crippen molar-refractivity contribution in [2.75, 3.05) is 6.61 Å². The fourth-order valence-corrected chi connectivity index (χ4v) is 3.30. The van der Waals surface area contributed by atoms with E-state index >= 15 is 0 Å². The van der Waals surface area contributed by atoms with Gasteiger partial charge in [0.15, 0.2) is 0 Å². The highest BCUT2D eigenvalue weighted by Crippen LogP contribution is 2.31. The third-order valence-electron chi connectivity index (χ3n) is 3.48. The predicted molar refractivity (Wildman–Crippen MR) is 107 cm³/mol. The van der Waals surface area contributed by atoms with Gasteiger partial charge in [-0.2, -0.15) is 5.10 Å². The molecule has 0 radical (unpaired) electrons. The third-order valence-corrected chi connectivity index (χ3v) is 4.29. The SMILES string of the molecule is C=CCOc1c(Br)cc(Cl)cc1C=Nn1c(=O)[nH]c2ccccc2c1=O. The maximum Gasteiger partial charge on any atom is 0.349 e. The van der Waals surface area contributed by atoms with Crippen LogP contribution in [0.15, 0.2) is 68.2 Å². The van der Waals surface area contributed by atoms with E-state index in [4.69, 9.17) is 16.3 Å². The summed E-state index contributed by atoms with van der Waals surface area (Å²) in [6.45, 7) is 3.88. The van der Waals surface area contributed by atoms with E-state index < -0.39 is 11.2 Å². The Hall–Kier alpha value is -2.64. The maximum atomic E-state index is 12.5. The summed E-state index contributed by atoms with van der Waals surface area (Å²) in [6.07, 6.45) is 2.95. The molecule has 0 aliphatic heterocycles. The average Bonchev–Trinajstić information content (AvgIpc) is 2.60. The van der Waals surface area contributed by atoms with Crippen LogP contribution >= 0.6 is 27.5 Å². The molecule has 0 amide bonds. The van der Waals surface area contributed by atoms with Crippen LogP contribution in [0.5, 0.6) is 5.75 Å². The molecule has 0 aliphatic rings. The molecule has 132 valence electrons. The summed E-state index contributed by atoms with van der Waals surface area (Å²) in [6, 6.07) is 10.0. The van der Waals surface area contributed by atoms with Gasteiger partial charge < -0.3 is 9.72 Å². The van der Waals surface area contributed by atoms with Gasteiger partial charge in [0.1, 0.15) is 12.4 Å². The van der Waals surface area contributed by atoms with Crippen molar-refractivity contribution >= 4 is 44.6 Å². The first kappa shape index (κ1) is 18.2. The smallest absolute Gasteiger partial charge is 0.349 e. The van der Waals surface area contributed by atoms with Gasteiger partial charge in [-0.15, -0.1) is 4.68 Å². The van der Waals surface area contributed by atoms with E-state index in [2.05, 4.69) is 32.6 Å². The van der Waals surface area contributed by atoms with Crippen LogP contribution < -0.4 is 16.0 Å². The van der Waals surface area contributed by atoms with Crippen LogP contribution in [0.4, 0.5) is 0 Å². The highest BCUT2D eigenvalue weighted by molar-refractivity contribution is 9.10. The van der Waals surface area contributed by atoms with Crippen molar-refractivity contribution in [1.82, 2.24) is 9.66 Å². The molecule has 1 aromatic heterocycles. The van der Waals surface area contributed by atoms with E-state index in [1.807, 2.05) is 0 Å². The summed E-state index contributed by atoms with van der Waals surface area (Å²) in [5.74, 6) is 0.475. The lowest BCUT2D eigenvalue weighted by atomic mass is 10.2. The Kier molecular flexibility index (Phi) is 5.39. The Morgan fingerprint density at radius 2 is 2.08 bits per heavy atom. The molecule has 0 spiro atoms. The number of para-hydroxylation sites is 1. The highest BCUT2D eigenvalue weighted by atomic mass is 79.9. The molecule has 3 rings (SSSR count). The second kappa shape index (κ2) is 7.72. The van der Waals surface area contributed by atoms with Crippen molar-refractivity contribution in [3.63, 3.8) is 0 Å². The Morgan fingerprint density at radius 3 is 2.85 bits per heavy atom. The number of hydrogen-bond acceptors (Lipinski definition) is 4. The fraction of sp³-hybridized carbons (Fsp3) is 0.0556. The molecule has 0 saturated heterocycles. The van der Waals surface area contributed by atoms with Gasteiger partial charge in [0.05, 0.1) is 21.6 Å². The average molecular weight is 435 g/mol. The molecule has 1 heterocycles. The molecule has 0 unspecified atom stereocenters. The van der Waals surface area contributed by atoms with Gasteiger partial charge in [-0.1, -0.05) is 36.4 Å². The highest BCUT2D eigenvalue weighted by Gasteiger charge is 2.10. The predicted octanol–water partition coefficient (Wildman–Crippen LogP) is 3.55. The first-order valence-corrected chi connectivity index (χ1v) is 8.69. The largest absolute Gasteiger partial charge is 0.488 e. The molecule has 8 heteroatoms. The summed E-state index contributed by atoms with van der Waals surface area (Å²) >= 11 is 9.45. The topological polar surface area (TPSA) is 76.5 Å². The fourth-order valence-electron chi connectivity index (χ4n) is 2.35. The molecule has 26 heavy (non-hydrogen) atoms. The Labute approximate surface area is 161 Å². The van der Waals surface area contributed by atoms with Crippen LogP contribution in [0, 0.1) is 0 Å². The van der Waals surface area contributed by atoms with Crippen LogP contribution in [-0.4, -0.2) is 22.5 Å². The van der Waals surface area contributed by atoms with Crippen LogP contribution in [0.3, 0.4) is 0 Å². The van der Waals surface area contributed by atoms with E-state index in [9.17, 15) is 9.59 Å². The van der Waals surface area contributed by atoms with Gasteiger partial charge in [0.2, 0.25) is 0 Å². The lowest BCUT2D eigenvalue weighted by molar-refractivity contribution is 0.360. The third kappa shape index (κ3) is 3.63. The van der Waals surface area contributed by atoms with Crippen LogP contribution in [0.1, 0.15) is 5.56 Å². The van der Waals surface area contributed by atoms with Gasteiger partial charge in [-0.25, -0.2) is 4.79 Å². The minimum absolute atomic E-state index is 0.275. The first-order valence-electron chi connectivity index (χ1n) is 7.52. The summed E-state index contributed by atoms with van der Waals surface area (Å²) in [5, 5.41) is 4.84. The van der Waals surface area contributed by atoms with E-state index in [1.54, 1.807) is 42.5 Å². The summed E-state index contributed by atoms with van der Waals surface area (Å²) in [5.41, 5.74) is -0.199. The zero-order chi connectivity index (χ0) is 18.7. The number of halogens is 2. The number of H-pyrrole nitrogens is 1. The molecule has 0 saturated carbocycles. The van der Waals surface area contributed by atoms with Crippen molar-refractivity contribution in [2.24, 2.45) is 5.10 Å². The number of hydrogen-bond donors (Lipinski definition) is 1. The van der Waals surface area contributed by atoms with Gasteiger partial charge >= 0.3 is 5.69 Å². The molecule has 0 aliphatic carbocycles. The van der Waals surface area contributed by atoms with Crippen LogP contribution in [-0.2, 0) is 0 Å². The number of aromatic amines is 1. The number of rotatable bonds is 5. The molecule has 0 bridgehead atoms. The van der Waals surface area contributed by atoms with E-state index in [-0.39, 0.29) is 6.61 Å². The first-order chi connectivity index (χ1) is 12.5. The second-order valence-corrected chi connectivity index (χ2v) is 6.53. The quantitative estimate of drug-likeness (QED) is 0.493. The zero-order valence-corrected chi connectivity index (χ0v) is 15.8. The summed E-state index contributed by atoms with van der Waals surface area (Å²) in [4.78, 5) is 27.3. The standard InChI is InChI=1S/C18H13BrClN3O3/c1-2-7-26-16-11(8-12(20)9-14(16)19)10-21-23-17(24)13-5-3-4-6-15(13)22-18(23)25/h2-6,8-10H,1,7H2,(H,22,25). The number of benzene rings is 2. The number of fused-ring (bicyclic) bond motifs is 1. The van der Waals surface area contributed by atoms with Crippen molar-refractivity contribution in [3.8, 4) is 5.75 Å². The molecule has 0 fully saturated rings. The number of nitrogens with one attached hydrogen (secondary N) is 1. The Balaban J connectivity index is 2.11. The van der Waals surface area contributed by atoms with E-state index in [1.165, 1.54) is 6.21 Å². The van der Waals surface area contributed by atoms with Crippen LogP contribution in [0.25, 0.3) is 10.9 Å². The molecule has 2 aromatic carbocycles. The normalized spacial score (nSPS) is 11.2. The zero-order valence-electron chi connectivity index (χ0n) is 13.4. The monoisotopic (exact) mass is 433 g/mol. The van der Waals surface area contributed by atoms with Gasteiger partial charge in [-0.05, 0) is 40.2 Å². The summed E-state index contributed by atoms with van der Waals surface area (Å²) < 4.78 is 6.98. The molecule has 1 N–H and O–H groups in total. The van der Waals surface area contributed by atoms with E-state index in [0.717, 1.165) is 4.68 Å². The Bertz CT molecular complexity index is 1130.